The Balaban J connectivity index is 1.83. The number of fused-ring (bicyclic) bond motifs is 1. The van der Waals surface area contributed by atoms with Gasteiger partial charge >= 0.3 is 0 Å². The highest BCUT2D eigenvalue weighted by molar-refractivity contribution is 7.85. The van der Waals surface area contributed by atoms with Gasteiger partial charge in [0.1, 0.15) is 0 Å². The van der Waals surface area contributed by atoms with Gasteiger partial charge in [0.15, 0.2) is 8.32 Å². The van der Waals surface area contributed by atoms with Crippen LogP contribution in [-0.4, -0.2) is 27.4 Å². The van der Waals surface area contributed by atoms with Crippen molar-refractivity contribution in [1.82, 2.24) is 0 Å². The van der Waals surface area contributed by atoms with Gasteiger partial charge in [-0.1, -0.05) is 38.0 Å². The standard InChI is InChI=1S/C23H38O4SSi/c1-16-9-12-22(28(24,25)26)18(14-16)15-17(2)19-10-11-20-21(27-29(4,5)6)8-7-13-23(19,20)3/h9,12,14,17,19-21H,7-8,10-11,13,15H2,1-6H3,(H,24,25,26)/t17?,19-,20?,21?,23-/m1/s1. The Hall–Kier alpha value is -0.693. The molecule has 0 aliphatic heterocycles. The average Bonchev–Trinajstić information content (AvgIpc) is 2.90. The molecular formula is C23H38O4SSi. The first-order chi connectivity index (χ1) is 13.3. The van der Waals surface area contributed by atoms with E-state index >= 15 is 0 Å². The van der Waals surface area contributed by atoms with E-state index in [-0.39, 0.29) is 10.3 Å². The lowest BCUT2D eigenvalue weighted by molar-refractivity contribution is -0.0177. The van der Waals surface area contributed by atoms with Gasteiger partial charge in [-0.3, -0.25) is 4.55 Å². The molecule has 3 unspecified atom stereocenters. The summed E-state index contributed by atoms with van der Waals surface area (Å²) in [5.74, 6) is 1.52. The zero-order valence-corrected chi connectivity index (χ0v) is 20.7. The molecule has 0 radical (unpaired) electrons. The Morgan fingerprint density at radius 1 is 1.24 bits per heavy atom. The molecule has 1 N–H and O–H groups in total. The number of benzene rings is 1. The van der Waals surface area contributed by atoms with Crippen LogP contribution in [0.15, 0.2) is 23.1 Å². The fraction of sp³-hybridized carbons (Fsp3) is 0.739. The third-order valence-corrected chi connectivity index (χ3v) is 9.33. The van der Waals surface area contributed by atoms with Crippen molar-refractivity contribution in [3.05, 3.63) is 29.3 Å². The Morgan fingerprint density at radius 3 is 2.55 bits per heavy atom. The number of rotatable bonds is 6. The minimum atomic E-state index is -4.20. The van der Waals surface area contributed by atoms with Crippen LogP contribution in [0.4, 0.5) is 0 Å². The zero-order valence-electron chi connectivity index (χ0n) is 18.9. The van der Waals surface area contributed by atoms with Gasteiger partial charge in [-0.2, -0.15) is 8.42 Å². The monoisotopic (exact) mass is 438 g/mol. The number of aryl methyl sites for hydroxylation is 1. The Kier molecular flexibility index (Phi) is 6.42. The van der Waals surface area contributed by atoms with Crippen molar-refractivity contribution < 1.29 is 17.4 Å². The third-order valence-electron chi connectivity index (χ3n) is 7.36. The van der Waals surface area contributed by atoms with Gasteiger partial charge < -0.3 is 4.43 Å². The van der Waals surface area contributed by atoms with E-state index in [9.17, 15) is 13.0 Å². The van der Waals surface area contributed by atoms with E-state index in [2.05, 4.69) is 33.5 Å². The maximum atomic E-state index is 11.9. The zero-order chi connectivity index (χ0) is 21.6. The Bertz CT molecular complexity index is 845. The van der Waals surface area contributed by atoms with E-state index in [0.29, 0.717) is 30.3 Å². The van der Waals surface area contributed by atoms with Gasteiger partial charge in [0.2, 0.25) is 0 Å². The lowest BCUT2D eigenvalue weighted by Gasteiger charge is -2.48. The summed E-state index contributed by atoms with van der Waals surface area (Å²) in [5.41, 5.74) is 2.03. The van der Waals surface area contributed by atoms with Crippen LogP contribution in [0.3, 0.4) is 0 Å². The molecule has 2 aliphatic rings. The fourth-order valence-corrected chi connectivity index (χ4v) is 8.20. The van der Waals surface area contributed by atoms with Crippen molar-refractivity contribution in [2.75, 3.05) is 0 Å². The predicted molar refractivity (Wildman–Crippen MR) is 120 cm³/mol. The summed E-state index contributed by atoms with van der Waals surface area (Å²) in [6, 6.07) is 5.22. The molecule has 0 heterocycles. The van der Waals surface area contributed by atoms with E-state index < -0.39 is 18.4 Å². The third kappa shape index (κ3) is 4.97. The molecule has 5 atom stereocenters. The molecule has 29 heavy (non-hydrogen) atoms. The molecule has 6 heteroatoms. The summed E-state index contributed by atoms with van der Waals surface area (Å²) in [4.78, 5) is 0.0678. The molecule has 1 aromatic rings. The molecule has 2 saturated carbocycles. The predicted octanol–water partition coefficient (Wildman–Crippen LogP) is 5.86. The van der Waals surface area contributed by atoms with Crippen LogP contribution in [0.25, 0.3) is 0 Å². The van der Waals surface area contributed by atoms with Gasteiger partial charge in [0.25, 0.3) is 10.1 Å². The lowest BCUT2D eigenvalue weighted by atomic mass is 9.61. The second-order valence-electron chi connectivity index (χ2n) is 10.7. The van der Waals surface area contributed by atoms with E-state index in [4.69, 9.17) is 4.43 Å². The van der Waals surface area contributed by atoms with Crippen LogP contribution in [0.2, 0.25) is 19.6 Å². The van der Waals surface area contributed by atoms with Crippen LogP contribution >= 0.6 is 0 Å². The molecule has 4 nitrogen and oxygen atoms in total. The second-order valence-corrected chi connectivity index (χ2v) is 16.6. The number of hydrogen-bond donors (Lipinski definition) is 1. The Morgan fingerprint density at radius 2 is 1.93 bits per heavy atom. The first-order valence-corrected chi connectivity index (χ1v) is 15.9. The highest BCUT2D eigenvalue weighted by Gasteiger charge is 2.53. The minimum absolute atomic E-state index is 0.0678. The molecular weight excluding hydrogens is 400 g/mol. The SMILES string of the molecule is Cc1ccc(S(=O)(=O)O)c(CC(C)[C@H]2CCC3C(O[Si](C)(C)C)CCC[C@@]32C)c1. The van der Waals surface area contributed by atoms with Gasteiger partial charge in [-0.25, -0.2) is 0 Å². The van der Waals surface area contributed by atoms with E-state index in [0.717, 1.165) is 11.1 Å². The summed E-state index contributed by atoms with van der Waals surface area (Å²) < 4.78 is 40.0. The molecule has 164 valence electrons. The molecule has 0 aromatic heterocycles. The largest absolute Gasteiger partial charge is 0.414 e. The topological polar surface area (TPSA) is 63.6 Å². The van der Waals surface area contributed by atoms with Crippen molar-refractivity contribution in [3.8, 4) is 0 Å². The average molecular weight is 439 g/mol. The van der Waals surface area contributed by atoms with Gasteiger partial charge in [0, 0.05) is 6.10 Å². The van der Waals surface area contributed by atoms with Crippen molar-refractivity contribution >= 4 is 18.4 Å². The normalized spacial score (nSPS) is 31.5. The van der Waals surface area contributed by atoms with Gasteiger partial charge in [-0.05, 0) is 93.5 Å². The summed E-state index contributed by atoms with van der Waals surface area (Å²) >= 11 is 0. The van der Waals surface area contributed by atoms with Crippen LogP contribution in [0, 0.1) is 30.1 Å². The molecule has 0 spiro atoms. The van der Waals surface area contributed by atoms with Gasteiger partial charge in [0.05, 0.1) is 4.90 Å². The summed E-state index contributed by atoms with van der Waals surface area (Å²) in [5, 5.41) is 0. The van der Waals surface area contributed by atoms with E-state index in [1.54, 1.807) is 12.1 Å². The molecule has 0 saturated heterocycles. The van der Waals surface area contributed by atoms with Crippen molar-refractivity contribution in [2.24, 2.45) is 23.2 Å². The molecule has 0 amide bonds. The van der Waals surface area contributed by atoms with Crippen molar-refractivity contribution in [1.29, 1.82) is 0 Å². The van der Waals surface area contributed by atoms with Crippen LogP contribution in [0.5, 0.6) is 0 Å². The van der Waals surface area contributed by atoms with E-state index in [1.807, 2.05) is 13.0 Å². The maximum Gasteiger partial charge on any atom is 0.294 e. The minimum Gasteiger partial charge on any atom is -0.414 e. The molecule has 3 rings (SSSR count). The van der Waals surface area contributed by atoms with Crippen LogP contribution < -0.4 is 0 Å². The first kappa shape index (κ1) is 23.0. The van der Waals surface area contributed by atoms with Crippen molar-refractivity contribution in [2.45, 2.75) is 89.9 Å². The number of hydrogen-bond acceptors (Lipinski definition) is 3. The molecule has 1 aromatic carbocycles. The van der Waals surface area contributed by atoms with E-state index in [1.165, 1.54) is 32.1 Å². The highest BCUT2D eigenvalue weighted by atomic mass is 32.2. The second kappa shape index (κ2) is 8.10. The lowest BCUT2D eigenvalue weighted by Crippen LogP contribution is -2.46. The molecule has 2 aliphatic carbocycles. The molecule has 0 bridgehead atoms. The summed E-state index contributed by atoms with van der Waals surface area (Å²) in [6.45, 7) is 13.5. The first-order valence-electron chi connectivity index (χ1n) is 11.1. The quantitative estimate of drug-likeness (QED) is 0.446. The van der Waals surface area contributed by atoms with Crippen LogP contribution in [0.1, 0.15) is 57.1 Å². The Labute approximate surface area is 178 Å². The maximum absolute atomic E-state index is 11.9. The molecule has 2 fully saturated rings. The smallest absolute Gasteiger partial charge is 0.294 e. The van der Waals surface area contributed by atoms with Crippen LogP contribution in [-0.2, 0) is 21.0 Å². The summed E-state index contributed by atoms with van der Waals surface area (Å²) in [7, 11) is -5.78. The summed E-state index contributed by atoms with van der Waals surface area (Å²) in [6.07, 6.45) is 7.08. The van der Waals surface area contributed by atoms with Gasteiger partial charge in [-0.15, -0.1) is 0 Å². The van der Waals surface area contributed by atoms with Crippen molar-refractivity contribution in [3.63, 3.8) is 0 Å². The highest BCUT2D eigenvalue weighted by Crippen LogP contribution is 2.59. The fourth-order valence-electron chi connectivity index (χ4n) is 6.30.